The highest BCUT2D eigenvalue weighted by molar-refractivity contribution is 5.68. The van der Waals surface area contributed by atoms with E-state index in [-0.39, 0.29) is 12.3 Å². The van der Waals surface area contributed by atoms with Gasteiger partial charge >= 0.3 is 5.97 Å². The molecule has 0 aliphatic carbocycles. The van der Waals surface area contributed by atoms with Gasteiger partial charge in [0, 0.05) is 5.92 Å². The van der Waals surface area contributed by atoms with Crippen LogP contribution in [-0.4, -0.2) is 11.1 Å². The summed E-state index contributed by atoms with van der Waals surface area (Å²) in [5, 5.41) is 8.63. The van der Waals surface area contributed by atoms with E-state index >= 15 is 0 Å². The molecule has 0 saturated carbocycles. The number of aliphatic carboxylic acids is 1. The van der Waals surface area contributed by atoms with Crippen molar-refractivity contribution in [3.63, 3.8) is 0 Å². The van der Waals surface area contributed by atoms with Crippen molar-refractivity contribution in [1.82, 2.24) is 0 Å². The predicted octanol–water partition coefficient (Wildman–Crippen LogP) is 2.43. The summed E-state index contributed by atoms with van der Waals surface area (Å²) in [5.41, 5.74) is 1.000. The van der Waals surface area contributed by atoms with E-state index in [9.17, 15) is 4.79 Å². The summed E-state index contributed by atoms with van der Waals surface area (Å²) in [4.78, 5) is 10.5. The lowest BCUT2D eigenvalue weighted by atomic mass is 9.96. The van der Waals surface area contributed by atoms with Crippen LogP contribution in [0.2, 0.25) is 0 Å². The van der Waals surface area contributed by atoms with E-state index in [4.69, 9.17) is 5.11 Å². The third-order valence-corrected chi connectivity index (χ3v) is 1.91. The number of rotatable bonds is 4. The van der Waals surface area contributed by atoms with Crippen LogP contribution < -0.4 is 0 Å². The summed E-state index contributed by atoms with van der Waals surface area (Å²) in [7, 11) is 0. The van der Waals surface area contributed by atoms with Gasteiger partial charge in [-0.15, -0.1) is 6.58 Å². The highest BCUT2D eigenvalue weighted by Gasteiger charge is 2.10. The Morgan fingerprint density at radius 3 is 2.54 bits per heavy atom. The fraction of sp³-hybridized carbons (Fsp3) is 0.182. The molecule has 0 spiro atoms. The lowest BCUT2D eigenvalue weighted by molar-refractivity contribution is -0.137. The summed E-state index contributed by atoms with van der Waals surface area (Å²) in [6, 6.07) is 9.52. The molecule has 2 nitrogen and oxygen atoms in total. The highest BCUT2D eigenvalue weighted by Crippen LogP contribution is 2.19. The minimum Gasteiger partial charge on any atom is -0.481 e. The Hall–Kier alpha value is -1.57. The first-order valence-electron chi connectivity index (χ1n) is 4.13. The van der Waals surface area contributed by atoms with Gasteiger partial charge in [-0.3, -0.25) is 4.79 Å². The first-order valence-corrected chi connectivity index (χ1v) is 4.13. The molecule has 0 bridgehead atoms. The number of hydrogen-bond donors (Lipinski definition) is 1. The van der Waals surface area contributed by atoms with Crippen LogP contribution in [0.1, 0.15) is 17.9 Å². The van der Waals surface area contributed by atoms with E-state index in [0.717, 1.165) is 5.56 Å². The lowest BCUT2D eigenvalue weighted by Gasteiger charge is -2.08. The van der Waals surface area contributed by atoms with Crippen LogP contribution in [0.5, 0.6) is 0 Å². The molecule has 0 aromatic heterocycles. The van der Waals surface area contributed by atoms with Crippen molar-refractivity contribution in [3.05, 3.63) is 48.6 Å². The maximum Gasteiger partial charge on any atom is 0.304 e. The van der Waals surface area contributed by atoms with Crippen LogP contribution in [0.15, 0.2) is 43.0 Å². The molecule has 0 fully saturated rings. The van der Waals surface area contributed by atoms with Gasteiger partial charge in [0.15, 0.2) is 0 Å². The zero-order chi connectivity index (χ0) is 9.68. The molecule has 1 N–H and O–H groups in total. The van der Waals surface area contributed by atoms with Crippen molar-refractivity contribution >= 4 is 5.97 Å². The van der Waals surface area contributed by atoms with E-state index in [2.05, 4.69) is 6.58 Å². The van der Waals surface area contributed by atoms with Crippen LogP contribution in [0.25, 0.3) is 0 Å². The average molecular weight is 176 g/mol. The van der Waals surface area contributed by atoms with Gasteiger partial charge in [0.05, 0.1) is 6.42 Å². The molecule has 13 heavy (non-hydrogen) atoms. The van der Waals surface area contributed by atoms with Crippen molar-refractivity contribution in [1.29, 1.82) is 0 Å². The summed E-state index contributed by atoms with van der Waals surface area (Å²) in [5.74, 6) is -0.882. The number of carbonyl (C=O) groups is 1. The number of benzene rings is 1. The van der Waals surface area contributed by atoms with E-state index in [1.165, 1.54) is 0 Å². The zero-order valence-electron chi connectivity index (χ0n) is 7.31. The molecular formula is C11H12O2. The average Bonchev–Trinajstić information content (AvgIpc) is 2.15. The number of carboxylic acids is 1. The van der Waals surface area contributed by atoms with E-state index in [0.29, 0.717) is 0 Å². The summed E-state index contributed by atoms with van der Waals surface area (Å²) < 4.78 is 0. The molecule has 1 unspecified atom stereocenters. The molecule has 1 aromatic carbocycles. The first-order chi connectivity index (χ1) is 6.24. The molecule has 1 atom stereocenters. The van der Waals surface area contributed by atoms with Gasteiger partial charge in [-0.05, 0) is 5.56 Å². The molecule has 0 saturated heterocycles. The Bertz CT molecular complexity index is 290. The van der Waals surface area contributed by atoms with Crippen molar-refractivity contribution in [2.45, 2.75) is 12.3 Å². The van der Waals surface area contributed by atoms with Crippen LogP contribution in [0.4, 0.5) is 0 Å². The minimum absolute atomic E-state index is 0.0845. The second-order valence-corrected chi connectivity index (χ2v) is 2.85. The van der Waals surface area contributed by atoms with Crippen molar-refractivity contribution in [3.8, 4) is 0 Å². The molecule has 0 amide bonds. The first kappa shape index (κ1) is 9.52. The van der Waals surface area contributed by atoms with Crippen LogP contribution in [0.3, 0.4) is 0 Å². The highest BCUT2D eigenvalue weighted by atomic mass is 16.4. The molecule has 1 rings (SSSR count). The second kappa shape index (κ2) is 4.45. The van der Waals surface area contributed by atoms with E-state index in [1.807, 2.05) is 30.3 Å². The number of carboxylic acid groups (broad SMARTS) is 1. The number of hydrogen-bond acceptors (Lipinski definition) is 1. The summed E-state index contributed by atoms with van der Waals surface area (Å²) >= 11 is 0. The van der Waals surface area contributed by atoms with Crippen molar-refractivity contribution in [2.75, 3.05) is 0 Å². The van der Waals surface area contributed by atoms with Gasteiger partial charge in [-0.25, -0.2) is 0 Å². The Labute approximate surface area is 77.5 Å². The maximum absolute atomic E-state index is 10.5. The van der Waals surface area contributed by atoms with Crippen molar-refractivity contribution < 1.29 is 9.90 Å². The van der Waals surface area contributed by atoms with Gasteiger partial charge in [-0.2, -0.15) is 0 Å². The Morgan fingerprint density at radius 2 is 2.08 bits per heavy atom. The molecule has 2 heteroatoms. The van der Waals surface area contributed by atoms with Gasteiger partial charge < -0.3 is 5.11 Å². The zero-order valence-corrected chi connectivity index (χ0v) is 7.31. The summed E-state index contributed by atoms with van der Waals surface area (Å²) in [6.45, 7) is 3.63. The molecular weight excluding hydrogens is 164 g/mol. The standard InChI is InChI=1S/C11H12O2/c1-2-9(8-11(12)13)10-6-4-3-5-7-10/h2-7,9H,1,8H2,(H,12,13). The monoisotopic (exact) mass is 176 g/mol. The second-order valence-electron chi connectivity index (χ2n) is 2.85. The molecule has 0 radical (unpaired) electrons. The summed E-state index contributed by atoms with van der Waals surface area (Å²) in [6.07, 6.45) is 1.77. The van der Waals surface area contributed by atoms with Gasteiger partial charge in [0.1, 0.15) is 0 Å². The lowest BCUT2D eigenvalue weighted by Crippen LogP contribution is -2.03. The molecule has 1 aromatic rings. The normalized spacial score (nSPS) is 12.0. The number of allylic oxidation sites excluding steroid dienone is 1. The van der Waals surface area contributed by atoms with Crippen molar-refractivity contribution in [2.24, 2.45) is 0 Å². The SMILES string of the molecule is C=CC(CC(=O)O)c1ccccc1. The Kier molecular flexibility index (Phi) is 3.26. The van der Waals surface area contributed by atoms with Gasteiger partial charge in [0.25, 0.3) is 0 Å². The molecule has 0 aliphatic rings. The Morgan fingerprint density at radius 1 is 1.46 bits per heavy atom. The Balaban J connectivity index is 2.78. The smallest absolute Gasteiger partial charge is 0.304 e. The third-order valence-electron chi connectivity index (χ3n) is 1.91. The fourth-order valence-corrected chi connectivity index (χ4v) is 1.23. The maximum atomic E-state index is 10.5. The molecule has 68 valence electrons. The topological polar surface area (TPSA) is 37.3 Å². The third kappa shape index (κ3) is 2.75. The van der Waals surface area contributed by atoms with Crippen LogP contribution in [0, 0.1) is 0 Å². The van der Waals surface area contributed by atoms with E-state index < -0.39 is 5.97 Å². The quantitative estimate of drug-likeness (QED) is 0.715. The van der Waals surface area contributed by atoms with Gasteiger partial charge in [0.2, 0.25) is 0 Å². The molecule has 0 aliphatic heterocycles. The van der Waals surface area contributed by atoms with Gasteiger partial charge in [-0.1, -0.05) is 36.4 Å². The van der Waals surface area contributed by atoms with Crippen LogP contribution >= 0.6 is 0 Å². The molecule has 0 heterocycles. The fourth-order valence-electron chi connectivity index (χ4n) is 1.23. The van der Waals surface area contributed by atoms with E-state index in [1.54, 1.807) is 6.08 Å². The van der Waals surface area contributed by atoms with Crippen LogP contribution in [-0.2, 0) is 4.79 Å². The largest absolute Gasteiger partial charge is 0.481 e. The minimum atomic E-state index is -0.797. The predicted molar refractivity (Wildman–Crippen MR) is 51.6 cm³/mol.